The van der Waals surface area contributed by atoms with E-state index in [1.165, 1.54) is 62.1 Å². The molecule has 1 aliphatic carbocycles. The highest BCUT2D eigenvalue weighted by molar-refractivity contribution is 8.02. The van der Waals surface area contributed by atoms with Gasteiger partial charge in [0, 0.05) is 43.4 Å². The van der Waals surface area contributed by atoms with Crippen molar-refractivity contribution in [1.29, 1.82) is 0 Å². The Balaban J connectivity index is 1.54. The van der Waals surface area contributed by atoms with Crippen molar-refractivity contribution >= 4 is 23.1 Å². The Morgan fingerprint density at radius 3 is 2.50 bits per heavy atom. The fraction of sp³-hybridized carbons (Fsp3) is 0.556. The lowest BCUT2D eigenvalue weighted by atomic mass is 9.94. The number of thioether (sulfide) groups is 1. The molecule has 1 saturated heterocycles. The quantitative estimate of drug-likeness (QED) is 0.593. The summed E-state index contributed by atoms with van der Waals surface area (Å²) in [5, 5.41) is 9.14. The average Bonchev–Trinajstić information content (AvgIpc) is 3.04. The van der Waals surface area contributed by atoms with Crippen LogP contribution >= 0.6 is 11.8 Å². The second-order valence-corrected chi connectivity index (χ2v) is 7.02. The van der Waals surface area contributed by atoms with Crippen LogP contribution in [0.15, 0.2) is 29.7 Å². The minimum absolute atomic E-state index is 0.763. The molecular weight excluding hydrogens is 290 g/mol. The SMILES string of the molecule is CN/C(=C\SCNC1CCC1)c1ccc(N2CCCC2)cc1. The predicted octanol–water partition coefficient (Wildman–Crippen LogP) is 3.64. The van der Waals surface area contributed by atoms with Crippen LogP contribution in [-0.4, -0.2) is 32.1 Å². The summed E-state index contributed by atoms with van der Waals surface area (Å²) >= 11 is 1.84. The standard InChI is InChI=1S/C18H27N3S/c1-19-18(13-22-14-20-16-5-4-6-16)15-7-9-17(10-8-15)21-11-2-3-12-21/h7-10,13,16,19-20H,2-6,11-12,14H2,1H3/b18-13-. The Labute approximate surface area is 138 Å². The van der Waals surface area contributed by atoms with Crippen molar-refractivity contribution in [1.82, 2.24) is 10.6 Å². The van der Waals surface area contributed by atoms with E-state index in [1.54, 1.807) is 0 Å². The average molecular weight is 318 g/mol. The number of nitrogens with one attached hydrogen (secondary N) is 2. The molecule has 1 aromatic rings. The third kappa shape index (κ3) is 3.99. The van der Waals surface area contributed by atoms with Crippen molar-refractivity contribution in [2.24, 2.45) is 0 Å². The Morgan fingerprint density at radius 1 is 1.18 bits per heavy atom. The molecule has 0 spiro atoms. The van der Waals surface area contributed by atoms with Gasteiger partial charge in [0.25, 0.3) is 0 Å². The molecule has 120 valence electrons. The number of hydrogen-bond acceptors (Lipinski definition) is 4. The van der Waals surface area contributed by atoms with Crippen LogP contribution < -0.4 is 15.5 Å². The van der Waals surface area contributed by atoms with Crippen LogP contribution in [0.3, 0.4) is 0 Å². The normalized spacial score (nSPS) is 19.3. The van der Waals surface area contributed by atoms with E-state index in [1.807, 2.05) is 18.8 Å². The van der Waals surface area contributed by atoms with Gasteiger partial charge in [-0.05, 0) is 48.8 Å². The highest BCUT2D eigenvalue weighted by atomic mass is 32.2. The van der Waals surface area contributed by atoms with Gasteiger partial charge in [-0.25, -0.2) is 0 Å². The van der Waals surface area contributed by atoms with Gasteiger partial charge >= 0.3 is 0 Å². The fourth-order valence-electron chi connectivity index (χ4n) is 3.00. The maximum atomic E-state index is 3.58. The number of rotatable bonds is 7. The molecule has 1 saturated carbocycles. The molecule has 22 heavy (non-hydrogen) atoms. The minimum Gasteiger partial charge on any atom is -0.387 e. The van der Waals surface area contributed by atoms with E-state index in [0.29, 0.717) is 0 Å². The molecule has 0 unspecified atom stereocenters. The molecule has 0 atom stereocenters. The second kappa shape index (κ2) is 7.93. The lowest BCUT2D eigenvalue weighted by Gasteiger charge is -2.26. The maximum Gasteiger partial charge on any atom is 0.0475 e. The van der Waals surface area contributed by atoms with Gasteiger partial charge in [0.15, 0.2) is 0 Å². The number of hydrogen-bond donors (Lipinski definition) is 2. The lowest BCUT2D eigenvalue weighted by Crippen LogP contribution is -2.34. The molecule has 1 aromatic carbocycles. The van der Waals surface area contributed by atoms with Crippen molar-refractivity contribution in [2.45, 2.75) is 38.1 Å². The van der Waals surface area contributed by atoms with E-state index >= 15 is 0 Å². The summed E-state index contributed by atoms with van der Waals surface area (Å²) in [5.41, 5.74) is 3.82. The molecule has 0 aromatic heterocycles. The number of benzene rings is 1. The first-order chi connectivity index (χ1) is 10.9. The van der Waals surface area contributed by atoms with E-state index in [9.17, 15) is 0 Å². The van der Waals surface area contributed by atoms with Crippen molar-refractivity contribution < 1.29 is 0 Å². The Morgan fingerprint density at radius 2 is 1.91 bits per heavy atom. The first-order valence-electron chi connectivity index (χ1n) is 8.45. The van der Waals surface area contributed by atoms with Crippen LogP contribution in [0.25, 0.3) is 5.70 Å². The van der Waals surface area contributed by atoms with E-state index < -0.39 is 0 Å². The zero-order valence-electron chi connectivity index (χ0n) is 13.5. The van der Waals surface area contributed by atoms with Crippen LogP contribution in [0.5, 0.6) is 0 Å². The summed E-state index contributed by atoms with van der Waals surface area (Å²) in [7, 11) is 2.00. The Kier molecular flexibility index (Phi) is 5.68. The van der Waals surface area contributed by atoms with Gasteiger partial charge < -0.3 is 15.5 Å². The van der Waals surface area contributed by atoms with Gasteiger partial charge in [-0.15, -0.1) is 11.8 Å². The molecule has 1 aliphatic heterocycles. The lowest BCUT2D eigenvalue weighted by molar-refractivity contribution is 0.358. The van der Waals surface area contributed by atoms with Crippen LogP contribution in [0.4, 0.5) is 5.69 Å². The summed E-state index contributed by atoms with van der Waals surface area (Å²) in [6.07, 6.45) is 6.74. The largest absolute Gasteiger partial charge is 0.387 e. The fourth-order valence-corrected chi connectivity index (χ4v) is 3.84. The first kappa shape index (κ1) is 15.8. The summed E-state index contributed by atoms with van der Waals surface area (Å²) < 4.78 is 0. The molecule has 2 aliphatic rings. The minimum atomic E-state index is 0.763. The van der Waals surface area contributed by atoms with Gasteiger partial charge in [0.1, 0.15) is 0 Å². The van der Waals surface area contributed by atoms with Crippen LogP contribution in [0, 0.1) is 0 Å². The van der Waals surface area contributed by atoms with Gasteiger partial charge in [-0.1, -0.05) is 18.6 Å². The van der Waals surface area contributed by atoms with E-state index in [4.69, 9.17) is 0 Å². The molecule has 0 radical (unpaired) electrons. The van der Waals surface area contributed by atoms with Crippen LogP contribution in [-0.2, 0) is 0 Å². The second-order valence-electron chi connectivity index (χ2n) is 6.17. The van der Waals surface area contributed by atoms with Gasteiger partial charge in [0.2, 0.25) is 0 Å². The molecular formula is C18H27N3S. The summed E-state index contributed by atoms with van der Waals surface area (Å²) in [5.74, 6) is 1.00. The molecule has 3 nitrogen and oxygen atoms in total. The smallest absolute Gasteiger partial charge is 0.0475 e. The summed E-state index contributed by atoms with van der Waals surface area (Å²) in [6.45, 7) is 2.41. The molecule has 2 N–H and O–H groups in total. The number of anilines is 1. The Hall–Kier alpha value is -1.13. The molecule has 4 heteroatoms. The molecule has 2 fully saturated rings. The topological polar surface area (TPSA) is 27.3 Å². The van der Waals surface area contributed by atoms with Crippen LogP contribution in [0.1, 0.15) is 37.7 Å². The van der Waals surface area contributed by atoms with Gasteiger partial charge in [-0.3, -0.25) is 0 Å². The predicted molar refractivity (Wildman–Crippen MR) is 98.2 cm³/mol. The zero-order chi connectivity index (χ0) is 15.2. The molecule has 3 rings (SSSR count). The van der Waals surface area contributed by atoms with Crippen molar-refractivity contribution in [3.63, 3.8) is 0 Å². The maximum absolute atomic E-state index is 3.58. The number of nitrogens with zero attached hydrogens (tertiary/aromatic N) is 1. The Bertz CT molecular complexity index is 488. The van der Waals surface area contributed by atoms with Crippen LogP contribution in [0.2, 0.25) is 0 Å². The summed E-state index contributed by atoms with van der Waals surface area (Å²) in [4.78, 5) is 2.48. The van der Waals surface area contributed by atoms with Crippen molar-refractivity contribution in [2.75, 3.05) is 30.9 Å². The first-order valence-corrected chi connectivity index (χ1v) is 9.50. The third-order valence-electron chi connectivity index (χ3n) is 4.68. The van der Waals surface area contributed by atoms with E-state index in [2.05, 4.69) is 45.2 Å². The van der Waals surface area contributed by atoms with E-state index in [-0.39, 0.29) is 0 Å². The van der Waals surface area contributed by atoms with E-state index in [0.717, 1.165) is 11.9 Å². The molecule has 0 bridgehead atoms. The molecule has 0 amide bonds. The van der Waals surface area contributed by atoms with Gasteiger partial charge in [-0.2, -0.15) is 0 Å². The van der Waals surface area contributed by atoms with Crippen molar-refractivity contribution in [3.05, 3.63) is 35.2 Å². The van der Waals surface area contributed by atoms with Gasteiger partial charge in [0.05, 0.1) is 0 Å². The highest BCUT2D eigenvalue weighted by Crippen LogP contribution is 2.24. The third-order valence-corrected chi connectivity index (χ3v) is 5.42. The molecule has 1 heterocycles. The highest BCUT2D eigenvalue weighted by Gasteiger charge is 2.15. The zero-order valence-corrected chi connectivity index (χ0v) is 14.3. The summed E-state index contributed by atoms with van der Waals surface area (Å²) in [6, 6.07) is 9.73. The monoisotopic (exact) mass is 317 g/mol. The van der Waals surface area contributed by atoms with Crippen molar-refractivity contribution in [3.8, 4) is 0 Å².